The summed E-state index contributed by atoms with van der Waals surface area (Å²) in [6, 6.07) is 13.7. The summed E-state index contributed by atoms with van der Waals surface area (Å²) in [6.07, 6.45) is 0. The number of hydrogen-bond acceptors (Lipinski definition) is 4. The Morgan fingerprint density at radius 1 is 1.07 bits per heavy atom. The van der Waals surface area contributed by atoms with Crippen molar-refractivity contribution < 1.29 is 19.1 Å². The zero-order valence-corrected chi connectivity index (χ0v) is 15.6. The number of nitrogens with one attached hydrogen (secondary N) is 2. The van der Waals surface area contributed by atoms with Crippen LogP contribution in [0, 0.1) is 0 Å². The molecule has 2 amide bonds. The first kappa shape index (κ1) is 20.2. The number of ether oxygens (including phenoxy) is 2. The zero-order valence-electron chi connectivity index (χ0n) is 15.6. The summed E-state index contributed by atoms with van der Waals surface area (Å²) in [5, 5.41) is 5.53. The molecule has 0 aliphatic carbocycles. The maximum Gasteiger partial charge on any atom is 0.255 e. The predicted octanol–water partition coefficient (Wildman–Crippen LogP) is 3.27. The van der Waals surface area contributed by atoms with Crippen LogP contribution in [0.25, 0.3) is 0 Å². The van der Waals surface area contributed by atoms with E-state index in [0.29, 0.717) is 42.3 Å². The van der Waals surface area contributed by atoms with Gasteiger partial charge in [-0.1, -0.05) is 24.8 Å². The van der Waals surface area contributed by atoms with Crippen LogP contribution in [0.1, 0.15) is 27.6 Å². The Hall–Kier alpha value is -3.12. The molecule has 0 aliphatic rings. The van der Waals surface area contributed by atoms with Crippen LogP contribution in [-0.4, -0.2) is 38.7 Å². The van der Waals surface area contributed by atoms with Crippen LogP contribution in [0.5, 0.6) is 5.75 Å². The van der Waals surface area contributed by atoms with Crippen molar-refractivity contribution in [2.24, 2.45) is 0 Å². The summed E-state index contributed by atoms with van der Waals surface area (Å²) in [5.41, 5.74) is 2.14. The molecule has 0 saturated heterocycles. The lowest BCUT2D eigenvalue weighted by molar-refractivity contribution is 0.0938. The normalized spacial score (nSPS) is 10.1. The van der Waals surface area contributed by atoms with Gasteiger partial charge < -0.3 is 20.1 Å². The van der Waals surface area contributed by atoms with Crippen molar-refractivity contribution in [3.63, 3.8) is 0 Å². The van der Waals surface area contributed by atoms with Crippen molar-refractivity contribution in [2.45, 2.75) is 6.92 Å². The van der Waals surface area contributed by atoms with Gasteiger partial charge in [0.05, 0.1) is 17.9 Å². The Bertz CT molecular complexity index is 817. The molecule has 6 heteroatoms. The van der Waals surface area contributed by atoms with Crippen molar-refractivity contribution in [1.29, 1.82) is 0 Å². The van der Waals surface area contributed by atoms with Crippen LogP contribution < -0.4 is 15.4 Å². The van der Waals surface area contributed by atoms with Gasteiger partial charge in [0.25, 0.3) is 11.8 Å². The number of rotatable bonds is 9. The summed E-state index contributed by atoms with van der Waals surface area (Å²) >= 11 is 0. The maximum atomic E-state index is 12.6. The fourth-order valence-corrected chi connectivity index (χ4v) is 2.28. The van der Waals surface area contributed by atoms with Crippen LogP contribution in [0.15, 0.2) is 60.7 Å². The minimum absolute atomic E-state index is 0.276. The van der Waals surface area contributed by atoms with Gasteiger partial charge in [-0.25, -0.2) is 0 Å². The van der Waals surface area contributed by atoms with E-state index in [1.54, 1.807) is 55.6 Å². The molecule has 0 radical (unpaired) electrons. The molecule has 6 nitrogen and oxygen atoms in total. The first-order valence-corrected chi connectivity index (χ1v) is 8.56. The molecule has 0 bridgehead atoms. The highest BCUT2D eigenvalue weighted by atomic mass is 16.5. The summed E-state index contributed by atoms with van der Waals surface area (Å²) in [7, 11) is 1.56. The molecule has 0 spiro atoms. The Kier molecular flexibility index (Phi) is 7.58. The van der Waals surface area contributed by atoms with E-state index in [4.69, 9.17) is 9.47 Å². The van der Waals surface area contributed by atoms with Crippen molar-refractivity contribution >= 4 is 17.5 Å². The van der Waals surface area contributed by atoms with E-state index in [1.165, 1.54) is 0 Å². The number of anilines is 1. The third kappa shape index (κ3) is 6.27. The number of carbonyl (C=O) groups is 2. The molecular formula is C21H24N2O4. The number of para-hydroxylation sites is 1. The average Bonchev–Trinajstić information content (AvgIpc) is 2.67. The zero-order chi connectivity index (χ0) is 19.6. The Balaban J connectivity index is 2.11. The van der Waals surface area contributed by atoms with E-state index < -0.39 is 0 Å². The summed E-state index contributed by atoms with van der Waals surface area (Å²) in [5.74, 6) is -0.0225. The van der Waals surface area contributed by atoms with E-state index in [1.807, 2.05) is 6.92 Å². The lowest BCUT2D eigenvalue weighted by Crippen LogP contribution is -2.28. The second kappa shape index (κ2) is 10.1. The average molecular weight is 368 g/mol. The monoisotopic (exact) mass is 368 g/mol. The number of amides is 2. The van der Waals surface area contributed by atoms with Gasteiger partial charge in [-0.2, -0.15) is 0 Å². The van der Waals surface area contributed by atoms with Crippen LogP contribution in [0.2, 0.25) is 0 Å². The van der Waals surface area contributed by atoms with Gasteiger partial charge in [-0.15, -0.1) is 0 Å². The van der Waals surface area contributed by atoms with Crippen LogP contribution >= 0.6 is 0 Å². The quantitative estimate of drug-likeness (QED) is 0.526. The van der Waals surface area contributed by atoms with Crippen LogP contribution in [0.3, 0.4) is 0 Å². The fraction of sp³-hybridized carbons (Fsp3) is 0.238. The lowest BCUT2D eigenvalue weighted by atomic mass is 10.1. The van der Waals surface area contributed by atoms with Gasteiger partial charge in [0.1, 0.15) is 12.4 Å². The molecular weight excluding hydrogens is 344 g/mol. The summed E-state index contributed by atoms with van der Waals surface area (Å²) in [6.45, 7) is 6.84. The SMILES string of the molecule is C=C(C)COc1cccc(C(=O)Nc2ccccc2C(=O)NCCOC)c1. The highest BCUT2D eigenvalue weighted by Crippen LogP contribution is 2.19. The highest BCUT2D eigenvalue weighted by molar-refractivity contribution is 6.09. The van der Waals surface area contributed by atoms with Gasteiger partial charge in [-0.3, -0.25) is 9.59 Å². The largest absolute Gasteiger partial charge is 0.489 e. The number of benzene rings is 2. The van der Waals surface area contributed by atoms with E-state index in [2.05, 4.69) is 17.2 Å². The molecule has 0 unspecified atom stereocenters. The van der Waals surface area contributed by atoms with Crippen molar-refractivity contribution in [3.05, 3.63) is 71.8 Å². The van der Waals surface area contributed by atoms with Crippen LogP contribution in [0.4, 0.5) is 5.69 Å². The molecule has 0 aromatic heterocycles. The summed E-state index contributed by atoms with van der Waals surface area (Å²) in [4.78, 5) is 24.9. The van der Waals surface area contributed by atoms with Gasteiger partial charge in [0.15, 0.2) is 0 Å². The lowest BCUT2D eigenvalue weighted by Gasteiger charge is -2.12. The van der Waals surface area contributed by atoms with E-state index >= 15 is 0 Å². The number of hydrogen-bond donors (Lipinski definition) is 2. The third-order valence-corrected chi connectivity index (χ3v) is 3.59. The first-order valence-electron chi connectivity index (χ1n) is 8.56. The molecule has 27 heavy (non-hydrogen) atoms. The molecule has 0 fully saturated rings. The first-order chi connectivity index (χ1) is 13.0. The maximum absolute atomic E-state index is 12.6. The topological polar surface area (TPSA) is 76.7 Å². The minimum atomic E-state index is -0.326. The van der Waals surface area contributed by atoms with Gasteiger partial charge in [0, 0.05) is 19.2 Å². The molecule has 0 saturated carbocycles. The predicted molar refractivity (Wildman–Crippen MR) is 105 cm³/mol. The van der Waals surface area contributed by atoms with Gasteiger partial charge in [0.2, 0.25) is 0 Å². The van der Waals surface area contributed by atoms with Gasteiger partial charge >= 0.3 is 0 Å². The van der Waals surface area contributed by atoms with E-state index in [0.717, 1.165) is 5.57 Å². The van der Waals surface area contributed by atoms with Crippen LogP contribution in [-0.2, 0) is 4.74 Å². The Morgan fingerprint density at radius 3 is 2.59 bits per heavy atom. The molecule has 0 aliphatic heterocycles. The van der Waals surface area contributed by atoms with E-state index in [-0.39, 0.29) is 11.8 Å². The van der Waals surface area contributed by atoms with Gasteiger partial charge in [-0.05, 0) is 42.8 Å². The molecule has 2 N–H and O–H groups in total. The molecule has 0 heterocycles. The third-order valence-electron chi connectivity index (χ3n) is 3.59. The van der Waals surface area contributed by atoms with Crippen molar-refractivity contribution in [3.8, 4) is 5.75 Å². The molecule has 2 rings (SSSR count). The molecule has 142 valence electrons. The second-order valence-electron chi connectivity index (χ2n) is 6.02. The van der Waals surface area contributed by atoms with Crippen molar-refractivity contribution in [2.75, 3.05) is 32.2 Å². The number of carbonyl (C=O) groups excluding carboxylic acids is 2. The molecule has 2 aromatic rings. The smallest absolute Gasteiger partial charge is 0.255 e. The molecule has 0 atom stereocenters. The fourth-order valence-electron chi connectivity index (χ4n) is 2.28. The Morgan fingerprint density at radius 2 is 1.85 bits per heavy atom. The van der Waals surface area contributed by atoms with Crippen molar-refractivity contribution in [1.82, 2.24) is 5.32 Å². The summed E-state index contributed by atoms with van der Waals surface area (Å²) < 4.78 is 10.5. The standard InChI is InChI=1S/C21H24N2O4/c1-15(2)14-27-17-8-6-7-16(13-17)20(24)23-19-10-5-4-9-18(19)21(25)22-11-12-26-3/h4-10,13H,1,11-12,14H2,2-3H3,(H,22,25)(H,23,24). The Labute approximate surface area is 159 Å². The highest BCUT2D eigenvalue weighted by Gasteiger charge is 2.14. The molecule has 2 aromatic carbocycles. The number of methoxy groups -OCH3 is 1. The second-order valence-corrected chi connectivity index (χ2v) is 6.02. The minimum Gasteiger partial charge on any atom is -0.489 e. The van der Waals surface area contributed by atoms with E-state index in [9.17, 15) is 9.59 Å².